The lowest BCUT2D eigenvalue weighted by atomic mass is 9.54. The zero-order valence-corrected chi connectivity index (χ0v) is 17.5. The van der Waals surface area contributed by atoms with E-state index in [-0.39, 0.29) is 0 Å². The Morgan fingerprint density at radius 3 is 2.60 bits per heavy atom. The molecule has 0 heterocycles. The summed E-state index contributed by atoms with van der Waals surface area (Å²) in [4.78, 5) is 0. The van der Waals surface area contributed by atoms with Gasteiger partial charge in [-0.05, 0) is 86.9 Å². The zero-order valence-electron chi connectivity index (χ0n) is 17.5. The lowest BCUT2D eigenvalue weighted by Crippen LogP contribution is -2.41. The summed E-state index contributed by atoms with van der Waals surface area (Å²) in [7, 11) is 0. The second-order valence-electron chi connectivity index (χ2n) is 9.87. The maximum absolute atomic E-state index is 2.67. The van der Waals surface area contributed by atoms with Crippen LogP contribution in [0.1, 0.15) is 111 Å². The van der Waals surface area contributed by atoms with Gasteiger partial charge in [0.1, 0.15) is 0 Å². The summed E-state index contributed by atoms with van der Waals surface area (Å²) in [6.45, 7) is 9.94. The van der Waals surface area contributed by atoms with Crippen molar-refractivity contribution in [3.8, 4) is 0 Å². The Morgan fingerprint density at radius 2 is 1.88 bits per heavy atom. The molecule has 0 radical (unpaired) electrons. The average Bonchev–Trinajstić information content (AvgIpc) is 2.91. The monoisotopic (exact) mass is 342 g/mol. The van der Waals surface area contributed by atoms with Crippen molar-refractivity contribution in [1.82, 2.24) is 0 Å². The van der Waals surface area contributed by atoms with Crippen LogP contribution in [0.3, 0.4) is 0 Å². The van der Waals surface area contributed by atoms with Gasteiger partial charge in [-0.1, -0.05) is 70.3 Å². The number of rotatable bonds is 5. The largest absolute Gasteiger partial charge is 0.0700 e. The van der Waals surface area contributed by atoms with Crippen LogP contribution in [0.15, 0.2) is 23.3 Å². The molecule has 0 bridgehead atoms. The van der Waals surface area contributed by atoms with Crippen molar-refractivity contribution in [2.24, 2.45) is 22.7 Å². The van der Waals surface area contributed by atoms with Crippen molar-refractivity contribution < 1.29 is 0 Å². The molecular weight excluding hydrogens is 300 g/mol. The van der Waals surface area contributed by atoms with Crippen LogP contribution in [0, 0.1) is 22.7 Å². The van der Waals surface area contributed by atoms with E-state index in [1.165, 1.54) is 83.5 Å². The molecule has 25 heavy (non-hydrogen) atoms. The zero-order chi connectivity index (χ0) is 17.9. The summed E-state index contributed by atoms with van der Waals surface area (Å²) in [5, 5.41) is 0. The normalized spacial score (nSPS) is 42.1. The summed E-state index contributed by atoms with van der Waals surface area (Å²) >= 11 is 0. The van der Waals surface area contributed by atoms with Crippen molar-refractivity contribution in [1.29, 1.82) is 0 Å². The first kappa shape index (κ1) is 19.2. The van der Waals surface area contributed by atoms with Gasteiger partial charge in [-0.25, -0.2) is 0 Å². The van der Waals surface area contributed by atoms with Crippen LogP contribution in [0.4, 0.5) is 0 Å². The Hall–Kier alpha value is -0.520. The molecule has 0 aromatic heterocycles. The third-order valence-electron chi connectivity index (χ3n) is 8.53. The minimum atomic E-state index is 0.569. The molecule has 142 valence electrons. The summed E-state index contributed by atoms with van der Waals surface area (Å²) in [5.74, 6) is 1.78. The first-order valence-corrected chi connectivity index (χ1v) is 11.4. The van der Waals surface area contributed by atoms with Crippen LogP contribution in [0.25, 0.3) is 0 Å². The maximum atomic E-state index is 2.67. The van der Waals surface area contributed by atoms with Gasteiger partial charge >= 0.3 is 0 Å². The molecule has 4 unspecified atom stereocenters. The summed E-state index contributed by atoms with van der Waals surface area (Å²) in [6.07, 6.45) is 23.5. The number of unbranched alkanes of at least 4 members (excludes halogenated alkanes) is 1. The Kier molecular flexibility index (Phi) is 6.17. The predicted molar refractivity (Wildman–Crippen MR) is 111 cm³/mol. The van der Waals surface area contributed by atoms with Crippen LogP contribution in [0.2, 0.25) is 0 Å². The van der Waals surface area contributed by atoms with Gasteiger partial charge in [-0.2, -0.15) is 0 Å². The smallest absolute Gasteiger partial charge is 0.0141 e. The van der Waals surface area contributed by atoms with E-state index >= 15 is 0 Å². The molecule has 0 aromatic rings. The average molecular weight is 343 g/mol. The van der Waals surface area contributed by atoms with E-state index in [1.807, 2.05) is 5.57 Å². The molecule has 0 nitrogen and oxygen atoms in total. The Labute approximate surface area is 157 Å². The lowest BCUT2D eigenvalue weighted by molar-refractivity contribution is 0.0229. The van der Waals surface area contributed by atoms with E-state index in [4.69, 9.17) is 0 Å². The van der Waals surface area contributed by atoms with Gasteiger partial charge in [0.25, 0.3) is 0 Å². The maximum Gasteiger partial charge on any atom is -0.0141 e. The molecule has 3 fully saturated rings. The van der Waals surface area contributed by atoms with E-state index in [2.05, 4.69) is 39.8 Å². The first-order chi connectivity index (χ1) is 12.0. The highest BCUT2D eigenvalue weighted by atomic mass is 14.6. The Bertz CT molecular complexity index is 510. The Morgan fingerprint density at radius 1 is 1.04 bits per heavy atom. The standard InChI is InChI=1S/C25H42/c1-5-7-17-25(6-2)18-15-23-22(12-9-16-24(23,25)4)14-13-21-11-8-10-20(3)19-21/h13-14,20,23H,5-12,15-19H2,1-4H3/b21-13-,22-14+. The second-order valence-corrected chi connectivity index (χ2v) is 9.87. The third kappa shape index (κ3) is 3.65. The van der Waals surface area contributed by atoms with E-state index in [9.17, 15) is 0 Å². The van der Waals surface area contributed by atoms with E-state index in [1.54, 1.807) is 5.57 Å². The summed E-state index contributed by atoms with van der Waals surface area (Å²) < 4.78 is 0. The molecule has 4 atom stereocenters. The molecule has 0 aromatic carbocycles. The van der Waals surface area contributed by atoms with Crippen LogP contribution < -0.4 is 0 Å². The quantitative estimate of drug-likeness (QED) is 0.472. The summed E-state index contributed by atoms with van der Waals surface area (Å²) in [5.41, 5.74) is 4.73. The van der Waals surface area contributed by atoms with Crippen LogP contribution in [0.5, 0.6) is 0 Å². The van der Waals surface area contributed by atoms with Gasteiger partial charge in [-0.3, -0.25) is 0 Å². The second kappa shape index (κ2) is 8.01. The molecule has 0 N–H and O–H groups in total. The summed E-state index contributed by atoms with van der Waals surface area (Å²) in [6, 6.07) is 0. The van der Waals surface area contributed by atoms with Crippen LogP contribution in [-0.2, 0) is 0 Å². The minimum Gasteiger partial charge on any atom is -0.0700 e. The third-order valence-corrected chi connectivity index (χ3v) is 8.53. The van der Waals surface area contributed by atoms with Crippen molar-refractivity contribution in [3.63, 3.8) is 0 Å². The fourth-order valence-corrected chi connectivity index (χ4v) is 6.85. The van der Waals surface area contributed by atoms with E-state index < -0.39 is 0 Å². The minimum absolute atomic E-state index is 0.569. The van der Waals surface area contributed by atoms with Crippen molar-refractivity contribution in [2.75, 3.05) is 0 Å². The lowest BCUT2D eigenvalue weighted by Gasteiger charge is -2.50. The van der Waals surface area contributed by atoms with E-state index in [0.717, 1.165) is 11.8 Å². The van der Waals surface area contributed by atoms with Crippen molar-refractivity contribution >= 4 is 0 Å². The topological polar surface area (TPSA) is 0 Å². The highest BCUT2D eigenvalue weighted by molar-refractivity contribution is 5.27. The molecular formula is C25H42. The first-order valence-electron chi connectivity index (χ1n) is 11.4. The molecule has 3 aliphatic carbocycles. The van der Waals surface area contributed by atoms with Gasteiger partial charge in [0, 0.05) is 0 Å². The number of hydrogen-bond donors (Lipinski definition) is 0. The molecule has 3 rings (SSSR count). The van der Waals surface area contributed by atoms with Gasteiger partial charge in [0.15, 0.2) is 0 Å². The van der Waals surface area contributed by atoms with E-state index in [0.29, 0.717) is 10.8 Å². The van der Waals surface area contributed by atoms with Gasteiger partial charge in [0.05, 0.1) is 0 Å². The number of allylic oxidation sites excluding steroid dienone is 4. The number of fused-ring (bicyclic) bond motifs is 1. The highest BCUT2D eigenvalue weighted by Gasteiger charge is 2.56. The van der Waals surface area contributed by atoms with Crippen molar-refractivity contribution in [3.05, 3.63) is 23.3 Å². The SMILES string of the molecule is CCCCC1(CC)CCC2/C(=C/C=C3/CCCC(C)C3)CCCC21C. The van der Waals surface area contributed by atoms with Crippen LogP contribution in [-0.4, -0.2) is 0 Å². The molecule has 0 spiro atoms. The fraction of sp³-hybridized carbons (Fsp3) is 0.840. The molecule has 3 saturated carbocycles. The molecule has 0 saturated heterocycles. The van der Waals surface area contributed by atoms with Gasteiger partial charge < -0.3 is 0 Å². The van der Waals surface area contributed by atoms with Gasteiger partial charge in [-0.15, -0.1) is 0 Å². The van der Waals surface area contributed by atoms with Crippen molar-refractivity contribution in [2.45, 2.75) is 111 Å². The fourth-order valence-electron chi connectivity index (χ4n) is 6.85. The van der Waals surface area contributed by atoms with Crippen LogP contribution >= 0.6 is 0 Å². The molecule has 0 amide bonds. The highest BCUT2D eigenvalue weighted by Crippen LogP contribution is 2.66. The van der Waals surface area contributed by atoms with Gasteiger partial charge in [0.2, 0.25) is 0 Å². The molecule has 3 aliphatic rings. The Balaban J connectivity index is 1.80. The molecule has 0 aliphatic heterocycles. The predicted octanol–water partition coefficient (Wildman–Crippen LogP) is 8.24. The molecule has 0 heteroatoms. The number of hydrogen-bond acceptors (Lipinski definition) is 0.